The Morgan fingerprint density at radius 1 is 1.06 bits per heavy atom. The maximum absolute atomic E-state index is 12.5. The van der Waals surface area contributed by atoms with Crippen LogP contribution in [0.4, 0.5) is 0 Å². The monoisotopic (exact) mass is 465 g/mol. The molecule has 0 bridgehead atoms. The van der Waals surface area contributed by atoms with Gasteiger partial charge in [-0.2, -0.15) is 0 Å². The van der Waals surface area contributed by atoms with Crippen LogP contribution in [0.5, 0.6) is 0 Å². The van der Waals surface area contributed by atoms with Gasteiger partial charge >= 0.3 is 5.97 Å². The molecule has 2 aromatic carbocycles. The lowest BCUT2D eigenvalue weighted by Gasteiger charge is -2.20. The fourth-order valence-electron chi connectivity index (χ4n) is 3.65. The Morgan fingerprint density at radius 2 is 1.71 bits per heavy atom. The van der Waals surface area contributed by atoms with Gasteiger partial charge in [-0.15, -0.1) is 0 Å². The van der Waals surface area contributed by atoms with Gasteiger partial charge in [0.05, 0.1) is 18.5 Å². The Labute approximate surface area is 199 Å². The molecule has 0 saturated carbocycles. The van der Waals surface area contributed by atoms with E-state index in [0.717, 1.165) is 16.1 Å². The van der Waals surface area contributed by atoms with E-state index in [1.54, 1.807) is 12.1 Å². The van der Waals surface area contributed by atoms with E-state index in [9.17, 15) is 19.2 Å². The van der Waals surface area contributed by atoms with Gasteiger partial charge in [0, 0.05) is 12.0 Å². The van der Waals surface area contributed by atoms with E-state index in [1.807, 2.05) is 49.4 Å². The second-order valence-corrected chi connectivity index (χ2v) is 9.48. The zero-order chi connectivity index (χ0) is 24.9. The van der Waals surface area contributed by atoms with Crippen LogP contribution in [0.2, 0.25) is 0 Å². The number of hydrogen-bond acceptors (Lipinski definition) is 5. The van der Waals surface area contributed by atoms with E-state index >= 15 is 0 Å². The highest BCUT2D eigenvalue weighted by Crippen LogP contribution is 2.22. The van der Waals surface area contributed by atoms with E-state index in [4.69, 9.17) is 4.74 Å². The second kappa shape index (κ2) is 10.5. The molecular weight excluding hydrogens is 434 g/mol. The minimum absolute atomic E-state index is 0.00841. The summed E-state index contributed by atoms with van der Waals surface area (Å²) >= 11 is 0. The van der Waals surface area contributed by atoms with Crippen LogP contribution in [-0.4, -0.2) is 41.9 Å². The summed E-state index contributed by atoms with van der Waals surface area (Å²) in [6, 6.07) is 16.4. The molecule has 3 amide bonds. The van der Waals surface area contributed by atoms with E-state index < -0.39 is 30.3 Å². The largest absolute Gasteiger partial charge is 0.455 e. The minimum Gasteiger partial charge on any atom is -0.455 e. The maximum Gasteiger partial charge on any atom is 0.311 e. The van der Waals surface area contributed by atoms with E-state index in [-0.39, 0.29) is 30.3 Å². The molecular formula is C26H31N3O5. The van der Waals surface area contributed by atoms with Crippen LogP contribution in [0, 0.1) is 5.92 Å². The number of esters is 1. The summed E-state index contributed by atoms with van der Waals surface area (Å²) in [5.74, 6) is -2.66. The zero-order valence-corrected chi connectivity index (χ0v) is 20.0. The average molecular weight is 466 g/mol. The fourth-order valence-corrected chi connectivity index (χ4v) is 3.65. The summed E-state index contributed by atoms with van der Waals surface area (Å²) < 4.78 is 5.11. The van der Waals surface area contributed by atoms with Crippen molar-refractivity contribution in [1.29, 1.82) is 0 Å². The van der Waals surface area contributed by atoms with Crippen LogP contribution in [0.3, 0.4) is 0 Å². The summed E-state index contributed by atoms with van der Waals surface area (Å²) in [7, 11) is 0. The molecule has 0 aromatic heterocycles. The van der Waals surface area contributed by atoms with Crippen molar-refractivity contribution in [2.45, 2.75) is 45.6 Å². The van der Waals surface area contributed by atoms with E-state index in [2.05, 4.69) is 31.5 Å². The fraction of sp³-hybridized carbons (Fsp3) is 0.385. The van der Waals surface area contributed by atoms with Gasteiger partial charge in [0.1, 0.15) is 0 Å². The predicted molar refractivity (Wildman–Crippen MR) is 126 cm³/mol. The number of carbonyl (C=O) groups is 4. The molecule has 2 atom stereocenters. The molecule has 2 aromatic rings. The normalized spacial score (nSPS) is 16.6. The predicted octanol–water partition coefficient (Wildman–Crippen LogP) is 2.90. The molecule has 0 spiro atoms. The van der Waals surface area contributed by atoms with Gasteiger partial charge in [-0.05, 0) is 35.6 Å². The van der Waals surface area contributed by atoms with Crippen LogP contribution in [0.1, 0.15) is 61.6 Å². The number of amides is 3. The molecule has 2 N–H and O–H groups in total. The van der Waals surface area contributed by atoms with Gasteiger partial charge in [0.2, 0.25) is 5.91 Å². The lowest BCUT2D eigenvalue weighted by Crippen LogP contribution is -2.43. The van der Waals surface area contributed by atoms with E-state index in [1.165, 1.54) is 0 Å². The Morgan fingerprint density at radius 3 is 2.32 bits per heavy atom. The molecule has 8 heteroatoms. The highest BCUT2D eigenvalue weighted by Gasteiger charge is 2.36. The number of nitrogens with one attached hydrogen (secondary N) is 2. The summed E-state index contributed by atoms with van der Waals surface area (Å²) in [6.45, 7) is 7.63. The summed E-state index contributed by atoms with van der Waals surface area (Å²) in [5.41, 5.74) is 4.95. The van der Waals surface area contributed by atoms with Crippen LogP contribution in [0.15, 0.2) is 54.6 Å². The van der Waals surface area contributed by atoms with Crippen LogP contribution in [-0.2, 0) is 24.5 Å². The number of carbonyl (C=O) groups excluding carboxylic acids is 4. The standard InChI is InChI=1S/C26H31N3O5/c1-17(18-8-6-5-7-9-18)27-22(30)16-34-25(33)20-14-23(31)29(15-20)28-24(32)19-10-12-21(13-11-19)26(2,3)4/h5-13,17,20H,14-16H2,1-4H3,(H,27,30)(H,28,32)/t17-,20+/m0/s1. The van der Waals surface area contributed by atoms with Crippen LogP contribution >= 0.6 is 0 Å². The third-order valence-corrected chi connectivity index (χ3v) is 5.73. The number of nitrogens with zero attached hydrogens (tertiary/aromatic N) is 1. The van der Waals surface area contributed by atoms with Gasteiger partial charge in [-0.1, -0.05) is 63.2 Å². The second-order valence-electron chi connectivity index (χ2n) is 9.48. The average Bonchev–Trinajstić information content (AvgIpc) is 3.17. The Hall–Kier alpha value is -3.68. The lowest BCUT2D eigenvalue weighted by molar-refractivity contribution is -0.152. The van der Waals surface area contributed by atoms with Crippen molar-refractivity contribution in [3.63, 3.8) is 0 Å². The molecule has 1 heterocycles. The van der Waals surface area contributed by atoms with Crippen LogP contribution < -0.4 is 10.7 Å². The summed E-state index contributed by atoms with van der Waals surface area (Å²) in [4.78, 5) is 49.4. The summed E-state index contributed by atoms with van der Waals surface area (Å²) in [5, 5.41) is 3.89. The minimum atomic E-state index is -0.754. The lowest BCUT2D eigenvalue weighted by atomic mass is 9.87. The van der Waals surface area contributed by atoms with Crippen molar-refractivity contribution in [2.24, 2.45) is 5.92 Å². The van der Waals surface area contributed by atoms with Crippen molar-refractivity contribution >= 4 is 23.7 Å². The number of hydrogen-bond donors (Lipinski definition) is 2. The van der Waals surface area contributed by atoms with Crippen molar-refractivity contribution in [2.75, 3.05) is 13.2 Å². The Balaban J connectivity index is 1.47. The first-order chi connectivity index (χ1) is 16.0. The van der Waals surface area contributed by atoms with E-state index in [0.29, 0.717) is 5.56 Å². The number of rotatable bonds is 7. The molecule has 1 saturated heterocycles. The molecule has 1 fully saturated rings. The van der Waals surface area contributed by atoms with Gasteiger partial charge in [-0.25, -0.2) is 0 Å². The molecule has 3 rings (SSSR count). The van der Waals surface area contributed by atoms with Crippen molar-refractivity contribution in [1.82, 2.24) is 15.8 Å². The van der Waals surface area contributed by atoms with Gasteiger partial charge < -0.3 is 10.1 Å². The Bertz CT molecular complexity index is 1040. The zero-order valence-electron chi connectivity index (χ0n) is 20.0. The number of ether oxygens (including phenoxy) is 1. The first kappa shape index (κ1) is 25.0. The smallest absolute Gasteiger partial charge is 0.311 e. The van der Waals surface area contributed by atoms with Crippen molar-refractivity contribution in [3.8, 4) is 0 Å². The van der Waals surface area contributed by atoms with Gasteiger partial charge in [-0.3, -0.25) is 29.6 Å². The Kier molecular flexibility index (Phi) is 7.71. The molecule has 180 valence electrons. The third kappa shape index (κ3) is 6.43. The highest BCUT2D eigenvalue weighted by atomic mass is 16.5. The quantitative estimate of drug-likeness (QED) is 0.612. The topological polar surface area (TPSA) is 105 Å². The number of benzene rings is 2. The molecule has 0 radical (unpaired) electrons. The molecule has 1 aliphatic heterocycles. The molecule has 0 aliphatic carbocycles. The van der Waals surface area contributed by atoms with Crippen molar-refractivity contribution < 1.29 is 23.9 Å². The molecule has 8 nitrogen and oxygen atoms in total. The molecule has 0 unspecified atom stereocenters. The molecule has 34 heavy (non-hydrogen) atoms. The first-order valence-electron chi connectivity index (χ1n) is 11.3. The first-order valence-corrected chi connectivity index (χ1v) is 11.3. The molecule has 1 aliphatic rings. The van der Waals surface area contributed by atoms with Crippen LogP contribution in [0.25, 0.3) is 0 Å². The number of hydrazine groups is 1. The van der Waals surface area contributed by atoms with Gasteiger partial charge in [0.15, 0.2) is 6.61 Å². The maximum atomic E-state index is 12.5. The summed E-state index contributed by atoms with van der Waals surface area (Å²) in [6.07, 6.45) is -0.0931. The third-order valence-electron chi connectivity index (χ3n) is 5.73. The highest BCUT2D eigenvalue weighted by molar-refractivity contribution is 5.96. The van der Waals surface area contributed by atoms with Crippen molar-refractivity contribution in [3.05, 3.63) is 71.3 Å². The SMILES string of the molecule is C[C@H](NC(=O)COC(=O)[C@@H]1CC(=O)N(NC(=O)c2ccc(C(C)(C)C)cc2)C1)c1ccccc1. The van der Waals surface area contributed by atoms with Gasteiger partial charge in [0.25, 0.3) is 11.8 Å².